The number of nitrogens with zero attached hydrogens (tertiary/aromatic N) is 2. The highest BCUT2D eigenvalue weighted by atomic mass is 16.1. The molecule has 1 aliphatic rings. The maximum absolute atomic E-state index is 11.4. The van der Waals surface area contributed by atoms with Crippen molar-refractivity contribution in [3.63, 3.8) is 0 Å². The molecule has 2 aromatic heterocycles. The van der Waals surface area contributed by atoms with E-state index in [4.69, 9.17) is 0 Å². The van der Waals surface area contributed by atoms with Gasteiger partial charge in [-0.15, -0.1) is 0 Å². The molecule has 1 aromatic carbocycles. The minimum Gasteiger partial charge on any atom is -0.326 e. The lowest BCUT2D eigenvalue weighted by Gasteiger charge is -2.17. The molecule has 4 rings (SSSR count). The van der Waals surface area contributed by atoms with Crippen LogP contribution in [0.25, 0.3) is 16.9 Å². The molecule has 1 N–H and O–H groups in total. The smallest absolute Gasteiger partial charge is 0.224 e. The number of rotatable bonds is 1. The van der Waals surface area contributed by atoms with Gasteiger partial charge in [-0.3, -0.25) is 9.20 Å². The van der Waals surface area contributed by atoms with Crippen LogP contribution in [0, 0.1) is 0 Å². The molecule has 3 heterocycles. The average molecular weight is 263 g/mol. The molecule has 0 radical (unpaired) electrons. The van der Waals surface area contributed by atoms with Crippen molar-refractivity contribution in [1.82, 2.24) is 9.38 Å². The van der Waals surface area contributed by atoms with Crippen molar-refractivity contribution in [3.05, 3.63) is 54.4 Å². The van der Waals surface area contributed by atoms with Crippen LogP contribution in [0.5, 0.6) is 0 Å². The molecule has 4 nitrogen and oxygen atoms in total. The van der Waals surface area contributed by atoms with Crippen molar-refractivity contribution in [3.8, 4) is 11.4 Å². The van der Waals surface area contributed by atoms with Crippen LogP contribution in [-0.4, -0.2) is 15.3 Å². The third-order valence-corrected chi connectivity index (χ3v) is 3.70. The number of imidazole rings is 1. The quantitative estimate of drug-likeness (QED) is 0.733. The summed E-state index contributed by atoms with van der Waals surface area (Å²) < 4.78 is 2.07. The number of hydrogen-bond acceptors (Lipinski definition) is 2. The van der Waals surface area contributed by atoms with Gasteiger partial charge in [-0.25, -0.2) is 4.98 Å². The number of benzene rings is 1. The van der Waals surface area contributed by atoms with Gasteiger partial charge in [-0.2, -0.15) is 0 Å². The predicted molar refractivity (Wildman–Crippen MR) is 77.6 cm³/mol. The maximum atomic E-state index is 11.4. The Hall–Kier alpha value is -2.62. The first-order chi connectivity index (χ1) is 9.81. The molecule has 98 valence electrons. The van der Waals surface area contributed by atoms with Crippen LogP contribution < -0.4 is 5.32 Å². The van der Waals surface area contributed by atoms with Crippen LogP contribution >= 0.6 is 0 Å². The van der Waals surface area contributed by atoms with E-state index in [0.717, 1.165) is 29.0 Å². The first kappa shape index (κ1) is 11.2. The van der Waals surface area contributed by atoms with Gasteiger partial charge in [-0.1, -0.05) is 6.07 Å². The van der Waals surface area contributed by atoms with Crippen molar-refractivity contribution in [2.24, 2.45) is 0 Å². The fourth-order valence-electron chi connectivity index (χ4n) is 2.68. The summed E-state index contributed by atoms with van der Waals surface area (Å²) in [6.45, 7) is 0. The zero-order valence-electron chi connectivity index (χ0n) is 10.8. The molecule has 1 amide bonds. The molecule has 4 heteroatoms. The third kappa shape index (κ3) is 1.69. The van der Waals surface area contributed by atoms with Crippen LogP contribution in [0.2, 0.25) is 0 Å². The van der Waals surface area contributed by atoms with E-state index >= 15 is 0 Å². The van der Waals surface area contributed by atoms with E-state index in [2.05, 4.69) is 20.8 Å². The summed E-state index contributed by atoms with van der Waals surface area (Å²) in [6.07, 6.45) is 5.23. The Bertz CT molecular complexity index is 819. The number of carbonyl (C=O) groups is 1. The lowest BCUT2D eigenvalue weighted by molar-refractivity contribution is -0.116. The Morgan fingerprint density at radius 2 is 2.10 bits per heavy atom. The number of anilines is 1. The van der Waals surface area contributed by atoms with Crippen LogP contribution in [0.4, 0.5) is 5.69 Å². The minimum absolute atomic E-state index is 0.0940. The van der Waals surface area contributed by atoms with Gasteiger partial charge in [0.15, 0.2) is 0 Å². The van der Waals surface area contributed by atoms with E-state index in [-0.39, 0.29) is 5.91 Å². The molecule has 0 fully saturated rings. The van der Waals surface area contributed by atoms with Gasteiger partial charge in [0.05, 0.1) is 11.7 Å². The molecule has 0 saturated carbocycles. The van der Waals surface area contributed by atoms with Crippen molar-refractivity contribution in [2.75, 3.05) is 5.32 Å². The summed E-state index contributed by atoms with van der Waals surface area (Å²) in [5.41, 5.74) is 4.25. The Balaban J connectivity index is 1.85. The molecule has 0 atom stereocenters. The molecule has 3 aromatic rings. The highest BCUT2D eigenvalue weighted by Crippen LogP contribution is 2.28. The summed E-state index contributed by atoms with van der Waals surface area (Å²) in [4.78, 5) is 15.9. The van der Waals surface area contributed by atoms with Gasteiger partial charge < -0.3 is 5.32 Å². The molecular weight excluding hydrogens is 250 g/mol. The second-order valence-electron chi connectivity index (χ2n) is 5.00. The van der Waals surface area contributed by atoms with Gasteiger partial charge in [0.2, 0.25) is 5.91 Å². The highest BCUT2D eigenvalue weighted by molar-refractivity contribution is 5.94. The highest BCUT2D eigenvalue weighted by Gasteiger charge is 2.16. The third-order valence-electron chi connectivity index (χ3n) is 3.70. The normalized spacial score (nSPS) is 14.1. The molecule has 0 aliphatic carbocycles. The average Bonchev–Trinajstić information content (AvgIpc) is 2.91. The molecule has 0 bridgehead atoms. The molecule has 20 heavy (non-hydrogen) atoms. The summed E-state index contributed by atoms with van der Waals surface area (Å²) in [6, 6.07) is 12.1. The number of aryl methyl sites for hydroxylation is 1. The van der Waals surface area contributed by atoms with E-state index in [0.29, 0.717) is 6.42 Å². The maximum Gasteiger partial charge on any atom is 0.224 e. The minimum atomic E-state index is 0.0940. The number of fused-ring (bicyclic) bond motifs is 2. The van der Waals surface area contributed by atoms with Gasteiger partial charge in [0, 0.05) is 23.9 Å². The van der Waals surface area contributed by atoms with Crippen molar-refractivity contribution in [1.29, 1.82) is 0 Å². The van der Waals surface area contributed by atoms with Gasteiger partial charge in [0.25, 0.3) is 0 Å². The summed E-state index contributed by atoms with van der Waals surface area (Å²) in [5, 5.41) is 2.90. The van der Waals surface area contributed by atoms with E-state index in [1.54, 1.807) is 0 Å². The summed E-state index contributed by atoms with van der Waals surface area (Å²) in [7, 11) is 0. The number of pyridine rings is 1. The van der Waals surface area contributed by atoms with E-state index in [9.17, 15) is 4.79 Å². The molecular formula is C16H13N3O. The Labute approximate surface area is 116 Å². The standard InChI is InChI=1S/C16H13N3O/c20-15-7-5-11-9-12(4-6-14(11)18-15)16-17-10-13-3-1-2-8-19(13)16/h1-4,6,8-10H,5,7H2,(H,18,20). The molecule has 0 spiro atoms. The lowest BCUT2D eigenvalue weighted by atomic mass is 10.00. The predicted octanol–water partition coefficient (Wildman–Crippen LogP) is 2.89. The second-order valence-corrected chi connectivity index (χ2v) is 5.00. The van der Waals surface area contributed by atoms with Crippen molar-refractivity contribution < 1.29 is 4.79 Å². The Kier molecular flexibility index (Phi) is 2.36. The van der Waals surface area contributed by atoms with Crippen molar-refractivity contribution in [2.45, 2.75) is 12.8 Å². The second kappa shape index (κ2) is 4.20. The van der Waals surface area contributed by atoms with E-state index < -0.39 is 0 Å². The Morgan fingerprint density at radius 3 is 3.05 bits per heavy atom. The number of nitrogens with one attached hydrogen (secondary N) is 1. The first-order valence-electron chi connectivity index (χ1n) is 6.66. The molecule has 0 saturated heterocycles. The topological polar surface area (TPSA) is 46.4 Å². The molecule has 0 unspecified atom stereocenters. The Morgan fingerprint density at radius 1 is 1.15 bits per heavy atom. The van der Waals surface area contributed by atoms with Crippen LogP contribution in [0.15, 0.2) is 48.8 Å². The largest absolute Gasteiger partial charge is 0.326 e. The number of amides is 1. The fraction of sp³-hybridized carbons (Fsp3) is 0.125. The zero-order chi connectivity index (χ0) is 13.5. The van der Waals surface area contributed by atoms with Crippen LogP contribution in [0.1, 0.15) is 12.0 Å². The van der Waals surface area contributed by atoms with E-state index in [1.807, 2.05) is 42.7 Å². The molecule has 1 aliphatic heterocycles. The van der Waals surface area contributed by atoms with Gasteiger partial charge >= 0.3 is 0 Å². The fourth-order valence-corrected chi connectivity index (χ4v) is 2.68. The summed E-state index contributed by atoms with van der Waals surface area (Å²) >= 11 is 0. The lowest BCUT2D eigenvalue weighted by Crippen LogP contribution is -2.18. The SMILES string of the molecule is O=C1CCc2cc(-c3ncc4ccccn34)ccc2N1. The monoisotopic (exact) mass is 263 g/mol. The number of aromatic nitrogens is 2. The van der Waals surface area contributed by atoms with E-state index in [1.165, 1.54) is 5.56 Å². The van der Waals surface area contributed by atoms with Crippen molar-refractivity contribution >= 4 is 17.1 Å². The van der Waals surface area contributed by atoms with Crippen LogP contribution in [0.3, 0.4) is 0 Å². The van der Waals surface area contributed by atoms with Crippen LogP contribution in [-0.2, 0) is 11.2 Å². The number of hydrogen-bond donors (Lipinski definition) is 1. The van der Waals surface area contributed by atoms with Gasteiger partial charge in [-0.05, 0) is 42.3 Å². The number of carbonyl (C=O) groups excluding carboxylic acids is 1. The first-order valence-corrected chi connectivity index (χ1v) is 6.66. The zero-order valence-corrected chi connectivity index (χ0v) is 10.8. The summed E-state index contributed by atoms with van der Waals surface area (Å²) in [5.74, 6) is 1.02. The van der Waals surface area contributed by atoms with Gasteiger partial charge in [0.1, 0.15) is 5.82 Å².